The zero-order valence-electron chi connectivity index (χ0n) is 10.7. The van der Waals surface area contributed by atoms with Gasteiger partial charge in [0, 0.05) is 6.04 Å². The van der Waals surface area contributed by atoms with Gasteiger partial charge in [-0.25, -0.2) is 0 Å². The van der Waals surface area contributed by atoms with Gasteiger partial charge in [0.05, 0.1) is 10.0 Å². The lowest BCUT2D eigenvalue weighted by Crippen LogP contribution is -2.47. The number of nitrogens with one attached hydrogen (secondary N) is 1. The molecule has 4 heteroatoms. The molecular formula is C14H20Cl2N2. The second kappa shape index (κ2) is 5.79. The van der Waals surface area contributed by atoms with Crippen LogP contribution >= 0.6 is 23.2 Å². The number of halogens is 2. The molecule has 1 fully saturated rings. The van der Waals surface area contributed by atoms with Gasteiger partial charge in [-0.1, -0.05) is 49.0 Å². The Kier molecular flexibility index (Phi) is 4.54. The van der Waals surface area contributed by atoms with Gasteiger partial charge in [0.2, 0.25) is 0 Å². The molecule has 1 saturated carbocycles. The molecule has 1 aliphatic carbocycles. The number of hydrogen-bond acceptors (Lipinski definition) is 2. The van der Waals surface area contributed by atoms with Gasteiger partial charge in [-0.3, -0.25) is 11.3 Å². The Morgan fingerprint density at radius 1 is 1.28 bits per heavy atom. The number of hydrazine groups is 1. The molecule has 1 atom stereocenters. The first-order valence-electron chi connectivity index (χ1n) is 6.45. The van der Waals surface area contributed by atoms with E-state index in [1.54, 1.807) is 0 Å². The average Bonchev–Trinajstić information content (AvgIpc) is 2.78. The monoisotopic (exact) mass is 286 g/mol. The number of benzene rings is 1. The third kappa shape index (κ3) is 3.00. The molecule has 1 aliphatic rings. The predicted octanol–water partition coefficient (Wildman–Crippen LogP) is 3.95. The van der Waals surface area contributed by atoms with E-state index in [1.807, 2.05) is 18.2 Å². The first-order valence-corrected chi connectivity index (χ1v) is 7.21. The summed E-state index contributed by atoms with van der Waals surface area (Å²) in [4.78, 5) is 0. The summed E-state index contributed by atoms with van der Waals surface area (Å²) in [5, 5.41) is 1.21. The van der Waals surface area contributed by atoms with Gasteiger partial charge >= 0.3 is 0 Å². The molecule has 0 aromatic heterocycles. The molecule has 2 nitrogen and oxygen atoms in total. The summed E-state index contributed by atoms with van der Waals surface area (Å²) in [5.41, 5.74) is 4.46. The van der Waals surface area contributed by atoms with Crippen LogP contribution in [-0.4, -0.2) is 6.04 Å². The zero-order chi connectivity index (χ0) is 13.2. The van der Waals surface area contributed by atoms with Crippen LogP contribution in [0.1, 0.15) is 38.2 Å². The molecule has 0 bridgehead atoms. The summed E-state index contributed by atoms with van der Waals surface area (Å²) in [7, 11) is 0. The second-order valence-electron chi connectivity index (χ2n) is 5.53. The summed E-state index contributed by atoms with van der Waals surface area (Å²) < 4.78 is 0. The van der Waals surface area contributed by atoms with Crippen molar-refractivity contribution >= 4 is 23.2 Å². The van der Waals surface area contributed by atoms with Crippen molar-refractivity contribution in [2.75, 3.05) is 0 Å². The minimum Gasteiger partial charge on any atom is -0.271 e. The van der Waals surface area contributed by atoms with E-state index in [2.05, 4.69) is 12.3 Å². The summed E-state index contributed by atoms with van der Waals surface area (Å²) in [6.07, 6.45) is 5.97. The second-order valence-corrected chi connectivity index (χ2v) is 6.35. The fraction of sp³-hybridized carbons (Fsp3) is 0.571. The van der Waals surface area contributed by atoms with Crippen LogP contribution in [0.25, 0.3) is 0 Å². The van der Waals surface area contributed by atoms with Crippen molar-refractivity contribution in [1.29, 1.82) is 0 Å². The SMILES string of the molecule is CC1(C(Cc2ccc(Cl)c(Cl)c2)NN)CCCC1. The Morgan fingerprint density at radius 3 is 2.50 bits per heavy atom. The molecule has 0 radical (unpaired) electrons. The highest BCUT2D eigenvalue weighted by atomic mass is 35.5. The lowest BCUT2D eigenvalue weighted by atomic mass is 9.78. The van der Waals surface area contributed by atoms with E-state index >= 15 is 0 Å². The Labute approximate surface area is 119 Å². The fourth-order valence-corrected chi connectivity index (χ4v) is 3.26. The molecule has 1 unspecified atom stereocenters. The average molecular weight is 287 g/mol. The van der Waals surface area contributed by atoms with E-state index < -0.39 is 0 Å². The smallest absolute Gasteiger partial charge is 0.0595 e. The lowest BCUT2D eigenvalue weighted by molar-refractivity contribution is 0.221. The lowest BCUT2D eigenvalue weighted by Gasteiger charge is -2.33. The Morgan fingerprint density at radius 2 is 1.94 bits per heavy atom. The first kappa shape index (κ1) is 14.1. The Balaban J connectivity index is 2.12. The molecule has 100 valence electrons. The van der Waals surface area contributed by atoms with Crippen LogP contribution in [0.3, 0.4) is 0 Å². The van der Waals surface area contributed by atoms with Crippen molar-refractivity contribution in [2.24, 2.45) is 11.3 Å². The molecule has 1 aromatic rings. The maximum absolute atomic E-state index is 6.05. The highest BCUT2D eigenvalue weighted by molar-refractivity contribution is 6.42. The van der Waals surface area contributed by atoms with Crippen LogP contribution in [0, 0.1) is 5.41 Å². The molecule has 2 rings (SSSR count). The first-order chi connectivity index (χ1) is 8.55. The van der Waals surface area contributed by atoms with Crippen molar-refractivity contribution in [3.8, 4) is 0 Å². The van der Waals surface area contributed by atoms with E-state index in [9.17, 15) is 0 Å². The van der Waals surface area contributed by atoms with Gasteiger partial charge in [0.1, 0.15) is 0 Å². The normalized spacial score (nSPS) is 20.0. The summed E-state index contributed by atoms with van der Waals surface area (Å²) in [6.45, 7) is 2.32. The van der Waals surface area contributed by atoms with Crippen molar-refractivity contribution in [3.63, 3.8) is 0 Å². The van der Waals surface area contributed by atoms with Crippen LogP contribution in [-0.2, 0) is 6.42 Å². The molecule has 0 spiro atoms. The van der Waals surface area contributed by atoms with E-state index in [0.717, 1.165) is 6.42 Å². The minimum atomic E-state index is 0.289. The molecular weight excluding hydrogens is 267 g/mol. The van der Waals surface area contributed by atoms with Crippen LogP contribution < -0.4 is 11.3 Å². The quantitative estimate of drug-likeness (QED) is 0.650. The van der Waals surface area contributed by atoms with Crippen molar-refractivity contribution < 1.29 is 0 Å². The summed E-state index contributed by atoms with van der Waals surface area (Å²) >= 11 is 12.0. The number of hydrogen-bond donors (Lipinski definition) is 2. The molecule has 1 aromatic carbocycles. The molecule has 0 amide bonds. The maximum Gasteiger partial charge on any atom is 0.0595 e. The van der Waals surface area contributed by atoms with E-state index in [4.69, 9.17) is 29.0 Å². The molecule has 3 N–H and O–H groups in total. The number of rotatable bonds is 4. The van der Waals surface area contributed by atoms with Gasteiger partial charge < -0.3 is 0 Å². The van der Waals surface area contributed by atoms with Gasteiger partial charge in [0.15, 0.2) is 0 Å². The predicted molar refractivity (Wildman–Crippen MR) is 77.9 cm³/mol. The summed E-state index contributed by atoms with van der Waals surface area (Å²) in [5.74, 6) is 5.74. The van der Waals surface area contributed by atoms with Crippen LogP contribution in [0.4, 0.5) is 0 Å². The minimum absolute atomic E-state index is 0.289. The van der Waals surface area contributed by atoms with Crippen LogP contribution in [0.15, 0.2) is 18.2 Å². The molecule has 0 aliphatic heterocycles. The fourth-order valence-electron chi connectivity index (χ4n) is 2.94. The Bertz CT molecular complexity index is 414. The largest absolute Gasteiger partial charge is 0.271 e. The highest BCUT2D eigenvalue weighted by Gasteiger charge is 2.36. The summed E-state index contributed by atoms with van der Waals surface area (Å²) in [6, 6.07) is 6.10. The van der Waals surface area contributed by atoms with Crippen LogP contribution in [0.5, 0.6) is 0 Å². The van der Waals surface area contributed by atoms with Crippen LogP contribution in [0.2, 0.25) is 10.0 Å². The number of nitrogens with two attached hydrogens (primary N) is 1. The van der Waals surface area contributed by atoms with E-state index in [1.165, 1.54) is 31.2 Å². The standard InChI is InChI=1S/C14H20Cl2N2/c1-14(6-2-3-7-14)13(18-17)9-10-4-5-11(15)12(16)8-10/h4-5,8,13,18H,2-3,6-7,9,17H2,1H3. The third-order valence-electron chi connectivity index (χ3n) is 4.21. The Hall–Kier alpha value is -0.280. The molecule has 0 saturated heterocycles. The van der Waals surface area contributed by atoms with Gasteiger partial charge in [-0.2, -0.15) is 0 Å². The third-order valence-corrected chi connectivity index (χ3v) is 4.95. The van der Waals surface area contributed by atoms with Gasteiger partial charge in [-0.15, -0.1) is 0 Å². The maximum atomic E-state index is 6.05. The molecule has 0 heterocycles. The van der Waals surface area contributed by atoms with Gasteiger partial charge in [-0.05, 0) is 42.4 Å². The van der Waals surface area contributed by atoms with Crippen molar-refractivity contribution in [1.82, 2.24) is 5.43 Å². The van der Waals surface area contributed by atoms with Gasteiger partial charge in [0.25, 0.3) is 0 Å². The van der Waals surface area contributed by atoms with E-state index in [-0.39, 0.29) is 6.04 Å². The molecule has 18 heavy (non-hydrogen) atoms. The topological polar surface area (TPSA) is 38.0 Å². The van der Waals surface area contributed by atoms with E-state index in [0.29, 0.717) is 15.5 Å². The van der Waals surface area contributed by atoms with Crippen molar-refractivity contribution in [2.45, 2.75) is 45.1 Å². The highest BCUT2D eigenvalue weighted by Crippen LogP contribution is 2.41. The van der Waals surface area contributed by atoms with Crippen molar-refractivity contribution in [3.05, 3.63) is 33.8 Å². The zero-order valence-corrected chi connectivity index (χ0v) is 12.2.